The number of benzene rings is 3. The van der Waals surface area contributed by atoms with Crippen molar-refractivity contribution in [1.29, 1.82) is 0 Å². The topological polar surface area (TPSA) is 81.9 Å². The van der Waals surface area contributed by atoms with Crippen LogP contribution in [0.4, 0.5) is 11.4 Å². The van der Waals surface area contributed by atoms with Gasteiger partial charge in [0.15, 0.2) is 0 Å². The molecule has 0 saturated carbocycles. The molecule has 0 bridgehead atoms. The molecule has 2 atom stereocenters. The number of para-hydroxylation sites is 2. The molecule has 0 N–H and O–H groups in total. The summed E-state index contributed by atoms with van der Waals surface area (Å²) in [4.78, 5) is 30.6. The summed E-state index contributed by atoms with van der Waals surface area (Å²) in [6, 6.07) is 24.7. The molecule has 0 aromatic heterocycles. The lowest BCUT2D eigenvalue weighted by Gasteiger charge is -2.28. The molecule has 0 spiro atoms. The maximum absolute atomic E-state index is 13.1. The maximum atomic E-state index is 13.1. The highest BCUT2D eigenvalue weighted by Gasteiger charge is 2.56. The molecule has 7 nitrogen and oxygen atoms in total. The standard InChI is InChI=1S/C23H20N2O5/c1-29-22(26)23(19-14-8-9-15-20(19)25(27)28)16-21(17-10-4-2-5-11-17)24(30-23)18-12-6-3-7-13-18/h2-15,21H,16H2,1H3/t21-,23+/m0/s1. The van der Waals surface area contributed by atoms with Gasteiger partial charge >= 0.3 is 5.97 Å². The fourth-order valence-corrected chi connectivity index (χ4v) is 3.89. The first kappa shape index (κ1) is 19.6. The van der Waals surface area contributed by atoms with E-state index in [0.717, 1.165) is 11.3 Å². The molecular weight excluding hydrogens is 384 g/mol. The minimum Gasteiger partial charge on any atom is -0.467 e. The van der Waals surface area contributed by atoms with Crippen molar-refractivity contribution in [3.63, 3.8) is 0 Å². The van der Waals surface area contributed by atoms with Gasteiger partial charge in [0.25, 0.3) is 5.69 Å². The van der Waals surface area contributed by atoms with E-state index in [0.29, 0.717) is 0 Å². The fraction of sp³-hybridized carbons (Fsp3) is 0.174. The first-order valence-corrected chi connectivity index (χ1v) is 9.47. The molecule has 0 radical (unpaired) electrons. The number of rotatable bonds is 5. The number of hydroxylamine groups is 1. The van der Waals surface area contributed by atoms with Crippen LogP contribution in [0, 0.1) is 10.1 Å². The Morgan fingerprint density at radius 2 is 1.63 bits per heavy atom. The molecule has 1 aliphatic heterocycles. The number of carbonyl (C=O) groups excluding carboxylic acids is 1. The van der Waals surface area contributed by atoms with Crippen molar-refractivity contribution in [3.8, 4) is 0 Å². The van der Waals surface area contributed by atoms with Crippen LogP contribution in [0.1, 0.15) is 23.6 Å². The third-order valence-corrected chi connectivity index (χ3v) is 5.26. The van der Waals surface area contributed by atoms with E-state index in [1.807, 2.05) is 60.7 Å². The summed E-state index contributed by atoms with van der Waals surface area (Å²) < 4.78 is 5.08. The largest absolute Gasteiger partial charge is 0.467 e. The van der Waals surface area contributed by atoms with E-state index in [2.05, 4.69) is 0 Å². The zero-order valence-electron chi connectivity index (χ0n) is 16.3. The average Bonchev–Trinajstić information content (AvgIpc) is 3.22. The molecule has 0 unspecified atom stereocenters. The lowest BCUT2D eigenvalue weighted by atomic mass is 9.85. The highest BCUT2D eigenvalue weighted by molar-refractivity contribution is 5.84. The SMILES string of the molecule is COC(=O)[C@]1(c2ccccc2[N+](=O)[O-])C[C@@H](c2ccccc2)N(c2ccccc2)O1. The van der Waals surface area contributed by atoms with Crippen LogP contribution in [-0.4, -0.2) is 18.0 Å². The summed E-state index contributed by atoms with van der Waals surface area (Å²) in [5, 5.41) is 13.4. The second-order valence-corrected chi connectivity index (χ2v) is 6.98. The first-order valence-electron chi connectivity index (χ1n) is 9.47. The highest BCUT2D eigenvalue weighted by Crippen LogP contribution is 2.50. The third-order valence-electron chi connectivity index (χ3n) is 5.26. The van der Waals surface area contributed by atoms with E-state index >= 15 is 0 Å². The van der Waals surface area contributed by atoms with Crippen molar-refractivity contribution in [3.05, 3.63) is 106 Å². The Kier molecular flexibility index (Phi) is 5.20. The van der Waals surface area contributed by atoms with Crippen LogP contribution in [0.15, 0.2) is 84.9 Å². The Morgan fingerprint density at radius 1 is 1.03 bits per heavy atom. The van der Waals surface area contributed by atoms with E-state index in [4.69, 9.17) is 9.57 Å². The zero-order valence-corrected chi connectivity index (χ0v) is 16.3. The Hall–Kier alpha value is -3.71. The molecule has 1 heterocycles. The van der Waals surface area contributed by atoms with Crippen LogP contribution in [0.25, 0.3) is 0 Å². The van der Waals surface area contributed by atoms with Crippen LogP contribution in [0.5, 0.6) is 0 Å². The monoisotopic (exact) mass is 404 g/mol. The molecule has 3 aromatic rings. The Labute approximate surface area is 173 Å². The van der Waals surface area contributed by atoms with Gasteiger partial charge in [-0.1, -0.05) is 60.7 Å². The van der Waals surface area contributed by atoms with Crippen LogP contribution in [0.3, 0.4) is 0 Å². The van der Waals surface area contributed by atoms with Crippen molar-refractivity contribution in [2.75, 3.05) is 12.2 Å². The van der Waals surface area contributed by atoms with Crippen molar-refractivity contribution in [2.45, 2.75) is 18.1 Å². The van der Waals surface area contributed by atoms with Crippen LogP contribution in [-0.2, 0) is 20.0 Å². The van der Waals surface area contributed by atoms with Crippen molar-refractivity contribution < 1.29 is 19.3 Å². The maximum Gasteiger partial charge on any atom is 0.346 e. The van der Waals surface area contributed by atoms with E-state index < -0.39 is 16.5 Å². The number of hydrogen-bond acceptors (Lipinski definition) is 6. The van der Waals surface area contributed by atoms with Gasteiger partial charge in [0.05, 0.1) is 29.3 Å². The second-order valence-electron chi connectivity index (χ2n) is 6.98. The van der Waals surface area contributed by atoms with Crippen molar-refractivity contribution in [2.24, 2.45) is 0 Å². The summed E-state index contributed by atoms with van der Waals surface area (Å²) in [6.45, 7) is 0. The molecule has 1 saturated heterocycles. The number of nitro groups is 1. The summed E-state index contributed by atoms with van der Waals surface area (Å²) in [7, 11) is 1.25. The van der Waals surface area contributed by atoms with Crippen molar-refractivity contribution >= 4 is 17.3 Å². The van der Waals surface area contributed by atoms with Crippen molar-refractivity contribution in [1.82, 2.24) is 0 Å². The lowest BCUT2D eigenvalue weighted by molar-refractivity contribution is -0.386. The Bertz CT molecular complexity index is 1010. The van der Waals surface area contributed by atoms with E-state index in [9.17, 15) is 14.9 Å². The van der Waals surface area contributed by atoms with Gasteiger partial charge in [-0.3, -0.25) is 10.1 Å². The summed E-state index contributed by atoms with van der Waals surface area (Å²) in [5.41, 5.74) is -0.0262. The lowest BCUT2D eigenvalue weighted by Crippen LogP contribution is -2.38. The van der Waals surface area contributed by atoms with E-state index in [-0.39, 0.29) is 23.7 Å². The van der Waals surface area contributed by atoms with Crippen LogP contribution < -0.4 is 5.06 Å². The third kappa shape index (κ3) is 3.29. The predicted molar refractivity (Wildman–Crippen MR) is 111 cm³/mol. The van der Waals surface area contributed by atoms with Crippen LogP contribution >= 0.6 is 0 Å². The molecule has 4 rings (SSSR count). The number of anilines is 1. The average molecular weight is 404 g/mol. The van der Waals surface area contributed by atoms with Gasteiger partial charge in [0, 0.05) is 12.5 Å². The number of carbonyl (C=O) groups is 1. The molecular formula is C23H20N2O5. The van der Waals surface area contributed by atoms with Crippen LogP contribution in [0.2, 0.25) is 0 Å². The van der Waals surface area contributed by atoms with Gasteiger partial charge in [0.1, 0.15) is 0 Å². The Morgan fingerprint density at radius 3 is 2.27 bits per heavy atom. The molecule has 30 heavy (non-hydrogen) atoms. The summed E-state index contributed by atoms with van der Waals surface area (Å²) in [5.74, 6) is -0.684. The molecule has 7 heteroatoms. The van der Waals surface area contributed by atoms with Gasteiger partial charge in [-0.2, -0.15) is 0 Å². The quantitative estimate of drug-likeness (QED) is 0.353. The molecule has 1 aliphatic rings. The second kappa shape index (κ2) is 7.96. The van der Waals surface area contributed by atoms with Gasteiger partial charge in [-0.15, -0.1) is 0 Å². The number of hydrogen-bond donors (Lipinski definition) is 0. The van der Waals surface area contributed by atoms with Gasteiger partial charge in [-0.25, -0.2) is 14.7 Å². The Balaban J connectivity index is 1.90. The molecule has 0 aliphatic carbocycles. The van der Waals surface area contributed by atoms with E-state index in [1.165, 1.54) is 13.2 Å². The minimum atomic E-state index is -1.66. The smallest absolute Gasteiger partial charge is 0.346 e. The van der Waals surface area contributed by atoms with Gasteiger partial charge in [-0.05, 0) is 23.8 Å². The van der Waals surface area contributed by atoms with Gasteiger partial charge < -0.3 is 4.74 Å². The molecule has 152 valence electrons. The predicted octanol–water partition coefficient (Wildman–Crippen LogP) is 4.55. The normalized spacial score (nSPS) is 20.7. The summed E-state index contributed by atoms with van der Waals surface area (Å²) in [6.07, 6.45) is 0.156. The molecule has 3 aromatic carbocycles. The summed E-state index contributed by atoms with van der Waals surface area (Å²) >= 11 is 0. The molecule has 0 amide bonds. The fourth-order valence-electron chi connectivity index (χ4n) is 3.89. The number of nitrogens with zero attached hydrogens (tertiary/aromatic N) is 2. The minimum absolute atomic E-state index is 0.156. The number of nitro benzene ring substituents is 1. The zero-order chi connectivity index (χ0) is 21.1. The number of esters is 1. The molecule has 1 fully saturated rings. The number of methoxy groups -OCH3 is 1. The number of ether oxygens (including phenoxy) is 1. The highest BCUT2D eigenvalue weighted by atomic mass is 16.7. The van der Waals surface area contributed by atoms with E-state index in [1.54, 1.807) is 23.3 Å². The van der Waals surface area contributed by atoms with Gasteiger partial charge in [0.2, 0.25) is 5.60 Å². The first-order chi connectivity index (χ1) is 14.6.